The largest absolute Gasteiger partial charge is 0.303 e. The number of fused-ring (bicyclic) bond motifs is 5. The summed E-state index contributed by atoms with van der Waals surface area (Å²) in [5, 5.41) is 12.8. The topological polar surface area (TPSA) is 48.1 Å². The third kappa shape index (κ3) is 1.84. The van der Waals surface area contributed by atoms with Crippen LogP contribution in [0.5, 0.6) is 0 Å². The number of nitro benzene ring substituents is 1. The molecule has 5 rings (SSSR count). The third-order valence-electron chi connectivity index (χ3n) is 5.35. The van der Waals surface area contributed by atoms with Crippen molar-refractivity contribution < 1.29 is 4.92 Å². The highest BCUT2D eigenvalue weighted by molar-refractivity contribution is 5.98. The van der Waals surface area contributed by atoms with E-state index in [1.54, 1.807) is 12.1 Å². The summed E-state index contributed by atoms with van der Waals surface area (Å²) in [6, 6.07) is 23.5. The van der Waals surface area contributed by atoms with Gasteiger partial charge in [-0.1, -0.05) is 61.5 Å². The Morgan fingerprint density at radius 1 is 0.923 bits per heavy atom. The lowest BCUT2D eigenvalue weighted by atomic mass is 9.97. The minimum atomic E-state index is -0.305. The summed E-state index contributed by atoms with van der Waals surface area (Å²) >= 11 is 0. The van der Waals surface area contributed by atoms with E-state index in [0.717, 1.165) is 22.2 Å². The molecule has 1 aromatic heterocycles. The van der Waals surface area contributed by atoms with E-state index in [4.69, 9.17) is 0 Å². The lowest BCUT2D eigenvalue weighted by Crippen LogP contribution is -2.01. The molecule has 0 saturated heterocycles. The van der Waals surface area contributed by atoms with Gasteiger partial charge in [0.15, 0.2) is 0 Å². The minimum Gasteiger partial charge on any atom is -0.303 e. The molecule has 1 aliphatic rings. The number of hydrogen-bond donors (Lipinski definition) is 0. The Morgan fingerprint density at radius 3 is 2.46 bits per heavy atom. The highest BCUT2D eigenvalue weighted by Crippen LogP contribution is 2.50. The molecule has 0 N–H and O–H groups in total. The monoisotopic (exact) mass is 340 g/mol. The molecule has 0 spiro atoms. The number of aromatic nitrogens is 1. The predicted octanol–water partition coefficient (Wildman–Crippen LogP) is 5.67. The van der Waals surface area contributed by atoms with Gasteiger partial charge in [0.05, 0.1) is 16.1 Å². The molecule has 0 fully saturated rings. The molecule has 0 amide bonds. The zero-order chi connectivity index (χ0) is 17.8. The average Bonchev–Trinajstić information content (AvgIpc) is 3.16. The Bertz CT molecular complexity index is 1190. The van der Waals surface area contributed by atoms with Gasteiger partial charge in [-0.3, -0.25) is 10.1 Å². The van der Waals surface area contributed by atoms with Crippen molar-refractivity contribution in [2.45, 2.75) is 12.8 Å². The summed E-state index contributed by atoms with van der Waals surface area (Å²) in [4.78, 5) is 11.4. The molecule has 3 aromatic carbocycles. The number of nitro groups is 1. The van der Waals surface area contributed by atoms with Crippen LogP contribution in [0.3, 0.4) is 0 Å². The van der Waals surface area contributed by atoms with Crippen molar-refractivity contribution in [1.82, 2.24) is 4.57 Å². The van der Waals surface area contributed by atoms with E-state index >= 15 is 0 Å². The number of nitrogens with zero attached hydrogens (tertiary/aromatic N) is 2. The molecule has 26 heavy (non-hydrogen) atoms. The lowest BCUT2D eigenvalue weighted by molar-refractivity contribution is -0.384. The van der Waals surface area contributed by atoms with Gasteiger partial charge in [0.25, 0.3) is 5.69 Å². The molecule has 4 nitrogen and oxygen atoms in total. The fourth-order valence-electron chi connectivity index (χ4n) is 4.27. The van der Waals surface area contributed by atoms with Crippen molar-refractivity contribution in [3.05, 3.63) is 94.0 Å². The van der Waals surface area contributed by atoms with Gasteiger partial charge in [0, 0.05) is 22.9 Å². The summed E-state index contributed by atoms with van der Waals surface area (Å²) in [5.74, 6) is 0.259. The van der Waals surface area contributed by atoms with Crippen LogP contribution in [-0.2, 0) is 0 Å². The van der Waals surface area contributed by atoms with E-state index < -0.39 is 0 Å². The molecule has 0 radical (unpaired) electrons. The Hall–Kier alpha value is -3.40. The smallest absolute Gasteiger partial charge is 0.293 e. The van der Waals surface area contributed by atoms with Crippen molar-refractivity contribution in [1.29, 1.82) is 0 Å². The summed E-state index contributed by atoms with van der Waals surface area (Å²) in [5.41, 5.74) is 6.49. The maximum atomic E-state index is 11.7. The van der Waals surface area contributed by atoms with Gasteiger partial charge in [0.1, 0.15) is 5.69 Å². The standard InChI is InChI=1S/C22H16N2O2/c1-14-15-8-2-3-9-16(15)22-21(14)17-10-4-5-11-18(17)23(22)19-12-6-7-13-20(19)24(25)26/h2-14H,1H3. The molecule has 126 valence electrons. The van der Waals surface area contributed by atoms with E-state index in [-0.39, 0.29) is 16.5 Å². The molecule has 1 atom stereocenters. The number of hydrogen-bond acceptors (Lipinski definition) is 2. The number of rotatable bonds is 2. The van der Waals surface area contributed by atoms with Crippen LogP contribution in [0.4, 0.5) is 5.69 Å². The van der Waals surface area contributed by atoms with Crippen molar-refractivity contribution in [3.8, 4) is 16.9 Å². The van der Waals surface area contributed by atoms with Gasteiger partial charge in [-0.25, -0.2) is 0 Å². The van der Waals surface area contributed by atoms with Crippen LogP contribution in [0.2, 0.25) is 0 Å². The first-order chi connectivity index (χ1) is 12.7. The van der Waals surface area contributed by atoms with Crippen molar-refractivity contribution in [2.75, 3.05) is 0 Å². The second-order valence-corrected chi connectivity index (χ2v) is 6.67. The Balaban J connectivity index is 1.97. The van der Waals surface area contributed by atoms with E-state index in [0.29, 0.717) is 5.69 Å². The van der Waals surface area contributed by atoms with E-state index in [1.807, 2.05) is 36.4 Å². The Labute approximate surface area is 150 Å². The van der Waals surface area contributed by atoms with Crippen molar-refractivity contribution in [3.63, 3.8) is 0 Å². The zero-order valence-electron chi connectivity index (χ0n) is 14.2. The first-order valence-corrected chi connectivity index (χ1v) is 8.65. The zero-order valence-corrected chi connectivity index (χ0v) is 14.2. The van der Waals surface area contributed by atoms with E-state index in [9.17, 15) is 10.1 Å². The number of para-hydroxylation sites is 3. The minimum absolute atomic E-state index is 0.119. The van der Waals surface area contributed by atoms with Gasteiger partial charge < -0.3 is 4.57 Å². The normalized spacial score (nSPS) is 15.0. The summed E-state index contributed by atoms with van der Waals surface area (Å²) < 4.78 is 2.06. The molecule has 1 heterocycles. The Morgan fingerprint density at radius 2 is 1.62 bits per heavy atom. The van der Waals surface area contributed by atoms with Crippen LogP contribution < -0.4 is 0 Å². The van der Waals surface area contributed by atoms with Gasteiger partial charge in [-0.2, -0.15) is 0 Å². The van der Waals surface area contributed by atoms with Gasteiger partial charge in [-0.05, 0) is 23.3 Å². The van der Waals surface area contributed by atoms with Crippen LogP contribution in [0.1, 0.15) is 24.0 Å². The molecule has 1 unspecified atom stereocenters. The fourth-order valence-corrected chi connectivity index (χ4v) is 4.27. The SMILES string of the molecule is CC1c2ccccc2-c2c1c1ccccc1n2-c1ccccc1[N+](=O)[O-]. The molecule has 0 saturated carbocycles. The highest BCUT2D eigenvalue weighted by atomic mass is 16.6. The molecular weight excluding hydrogens is 324 g/mol. The fraction of sp³-hybridized carbons (Fsp3) is 0.0909. The molecule has 0 bridgehead atoms. The molecule has 0 aliphatic heterocycles. The summed E-state index contributed by atoms with van der Waals surface area (Å²) in [6.07, 6.45) is 0. The third-order valence-corrected chi connectivity index (χ3v) is 5.35. The Kier molecular flexibility index (Phi) is 3.04. The highest BCUT2D eigenvalue weighted by Gasteiger charge is 2.33. The van der Waals surface area contributed by atoms with Crippen LogP contribution in [-0.4, -0.2) is 9.49 Å². The molecule has 4 aromatic rings. The van der Waals surface area contributed by atoms with Crippen LogP contribution in [0.15, 0.2) is 72.8 Å². The quantitative estimate of drug-likeness (QED) is 0.348. The maximum Gasteiger partial charge on any atom is 0.293 e. The average molecular weight is 340 g/mol. The van der Waals surface area contributed by atoms with E-state index in [2.05, 4.69) is 35.8 Å². The molecular formula is C22H16N2O2. The van der Waals surface area contributed by atoms with Gasteiger partial charge >= 0.3 is 0 Å². The molecule has 1 aliphatic carbocycles. The lowest BCUT2D eigenvalue weighted by Gasteiger charge is -2.12. The second kappa shape index (κ2) is 5.30. The van der Waals surface area contributed by atoms with Crippen molar-refractivity contribution >= 4 is 16.6 Å². The summed E-state index contributed by atoms with van der Waals surface area (Å²) in [6.45, 7) is 2.21. The second-order valence-electron chi connectivity index (χ2n) is 6.67. The van der Waals surface area contributed by atoms with Gasteiger partial charge in [0.2, 0.25) is 0 Å². The van der Waals surface area contributed by atoms with Crippen LogP contribution >= 0.6 is 0 Å². The molecule has 4 heteroatoms. The number of benzene rings is 3. The summed E-state index contributed by atoms with van der Waals surface area (Å²) in [7, 11) is 0. The van der Waals surface area contributed by atoms with Crippen LogP contribution in [0.25, 0.3) is 27.8 Å². The first-order valence-electron chi connectivity index (χ1n) is 8.65. The maximum absolute atomic E-state index is 11.7. The first kappa shape index (κ1) is 14.9. The van der Waals surface area contributed by atoms with Crippen molar-refractivity contribution in [2.24, 2.45) is 0 Å². The predicted molar refractivity (Wildman–Crippen MR) is 103 cm³/mol. The van der Waals surface area contributed by atoms with Crippen LogP contribution in [0, 0.1) is 10.1 Å². The van der Waals surface area contributed by atoms with Gasteiger partial charge in [-0.15, -0.1) is 0 Å². The van der Waals surface area contributed by atoms with E-state index in [1.165, 1.54) is 11.1 Å².